The van der Waals surface area contributed by atoms with Crippen LogP contribution in [0.3, 0.4) is 0 Å². The van der Waals surface area contributed by atoms with Gasteiger partial charge < -0.3 is 20.9 Å². The van der Waals surface area contributed by atoms with E-state index in [9.17, 15) is 10.2 Å². The van der Waals surface area contributed by atoms with Gasteiger partial charge in [-0.25, -0.2) is 0 Å². The molecule has 0 fully saturated rings. The number of aromatic nitrogens is 1. The second-order valence-corrected chi connectivity index (χ2v) is 8.15. The molecule has 6 heteroatoms. The van der Waals surface area contributed by atoms with Crippen LogP contribution in [0.5, 0.6) is 0 Å². The van der Waals surface area contributed by atoms with Crippen molar-refractivity contribution in [2.24, 2.45) is 5.73 Å². The summed E-state index contributed by atoms with van der Waals surface area (Å²) >= 11 is 1.72. The minimum absolute atomic E-state index is 0. The number of rotatable bonds is 8. The number of hydrogen-bond donors (Lipinski definition) is 4. The maximum atomic E-state index is 9.27. The van der Waals surface area contributed by atoms with Gasteiger partial charge in [-0.15, -0.1) is 12.4 Å². The molecule has 0 saturated heterocycles. The van der Waals surface area contributed by atoms with Gasteiger partial charge in [0.15, 0.2) is 0 Å². The highest BCUT2D eigenvalue weighted by Crippen LogP contribution is 2.30. The predicted molar refractivity (Wildman–Crippen MR) is 118 cm³/mol. The molecule has 3 rings (SSSR count). The first-order chi connectivity index (χ1) is 13.0. The minimum atomic E-state index is -0.910. The molecule has 0 saturated carbocycles. The third kappa shape index (κ3) is 5.87. The Labute approximate surface area is 176 Å². The molecule has 0 spiro atoms. The lowest BCUT2D eigenvalue weighted by Crippen LogP contribution is -2.47. The number of nitrogens with one attached hydrogen (secondary N) is 1. The fourth-order valence-electron chi connectivity index (χ4n) is 2.84. The van der Waals surface area contributed by atoms with Gasteiger partial charge in [-0.1, -0.05) is 36.0 Å². The summed E-state index contributed by atoms with van der Waals surface area (Å²) in [6.07, 6.45) is 1.28. The highest BCUT2D eigenvalue weighted by Gasteiger charge is 2.22. The van der Waals surface area contributed by atoms with Crippen molar-refractivity contribution >= 4 is 24.2 Å². The summed E-state index contributed by atoms with van der Waals surface area (Å²) in [6.45, 7) is 1.63. The van der Waals surface area contributed by atoms with Crippen LogP contribution in [0.2, 0.25) is 0 Å². The van der Waals surface area contributed by atoms with Crippen LogP contribution < -0.4 is 5.73 Å². The molecule has 1 aromatic heterocycles. The molecule has 1 heterocycles. The van der Waals surface area contributed by atoms with Crippen LogP contribution >= 0.6 is 24.2 Å². The monoisotopic (exact) mass is 418 g/mol. The van der Waals surface area contributed by atoms with Crippen LogP contribution in [0.15, 0.2) is 70.5 Å². The van der Waals surface area contributed by atoms with Gasteiger partial charge in [0.25, 0.3) is 0 Å². The Hall–Kier alpha value is -1.76. The van der Waals surface area contributed by atoms with E-state index in [1.54, 1.807) is 11.8 Å². The summed E-state index contributed by atoms with van der Waals surface area (Å²) in [4.78, 5) is 5.71. The highest BCUT2D eigenvalue weighted by molar-refractivity contribution is 7.99. The minimum Gasteiger partial charge on any atom is -0.394 e. The summed E-state index contributed by atoms with van der Waals surface area (Å²) in [5.41, 5.74) is 9.64. The van der Waals surface area contributed by atoms with Crippen molar-refractivity contribution in [2.45, 2.75) is 35.1 Å². The lowest BCUT2D eigenvalue weighted by molar-refractivity contribution is 0.115. The molecule has 28 heavy (non-hydrogen) atoms. The number of aliphatic hydroxyl groups is 2. The van der Waals surface area contributed by atoms with Crippen LogP contribution in [-0.2, 0) is 6.42 Å². The van der Waals surface area contributed by atoms with Crippen molar-refractivity contribution in [1.29, 1.82) is 0 Å². The smallest absolute Gasteiger partial charge is 0.0633 e. The third-order valence-electron chi connectivity index (χ3n) is 4.70. The molecule has 0 aliphatic heterocycles. The van der Waals surface area contributed by atoms with E-state index in [1.165, 1.54) is 15.4 Å². The fraction of sp³-hybridized carbons (Fsp3) is 0.273. The first-order valence-corrected chi connectivity index (χ1v) is 9.86. The zero-order valence-electron chi connectivity index (χ0n) is 15.9. The Bertz CT molecular complexity index is 859. The second-order valence-electron chi connectivity index (χ2n) is 7.00. The van der Waals surface area contributed by atoms with Gasteiger partial charge in [0.2, 0.25) is 0 Å². The molecular formula is C22H27ClN2O2S. The number of nitrogens with two attached hydrogens (primary N) is 1. The molecule has 0 aliphatic carbocycles. The van der Waals surface area contributed by atoms with Gasteiger partial charge in [0.05, 0.1) is 18.8 Å². The zero-order valence-corrected chi connectivity index (χ0v) is 17.5. The quantitative estimate of drug-likeness (QED) is 0.442. The van der Waals surface area contributed by atoms with Crippen LogP contribution in [-0.4, -0.2) is 33.9 Å². The molecule has 2 aromatic carbocycles. The SMILES string of the molecule is Cc1ccc(-c2ccc(Sc3ccc(CCC(N)(CO)CO)cc3)cc2)[nH]1.Cl. The first-order valence-electron chi connectivity index (χ1n) is 9.05. The molecule has 3 aromatic rings. The van der Waals surface area contributed by atoms with Gasteiger partial charge in [-0.2, -0.15) is 0 Å². The van der Waals surface area contributed by atoms with Crippen LogP contribution in [0, 0.1) is 6.92 Å². The second kappa shape index (κ2) is 10.1. The molecule has 0 bridgehead atoms. The van der Waals surface area contributed by atoms with Gasteiger partial charge >= 0.3 is 0 Å². The van der Waals surface area contributed by atoms with Crippen molar-refractivity contribution in [1.82, 2.24) is 4.98 Å². The van der Waals surface area contributed by atoms with E-state index in [0.717, 1.165) is 23.4 Å². The van der Waals surface area contributed by atoms with E-state index in [2.05, 4.69) is 72.6 Å². The average molecular weight is 419 g/mol. The highest BCUT2D eigenvalue weighted by atomic mass is 35.5. The molecule has 150 valence electrons. The summed E-state index contributed by atoms with van der Waals surface area (Å²) in [7, 11) is 0. The number of benzene rings is 2. The summed E-state index contributed by atoms with van der Waals surface area (Å²) in [6, 6.07) is 21.1. The zero-order chi connectivity index (χ0) is 19.3. The van der Waals surface area contributed by atoms with Crippen molar-refractivity contribution in [3.8, 4) is 11.3 Å². The lowest BCUT2D eigenvalue weighted by atomic mass is 9.94. The Balaban J connectivity index is 0.00000280. The Morgan fingerprint density at radius 2 is 1.46 bits per heavy atom. The van der Waals surface area contributed by atoms with E-state index in [4.69, 9.17) is 5.73 Å². The molecule has 0 atom stereocenters. The molecule has 5 N–H and O–H groups in total. The van der Waals surface area contributed by atoms with E-state index in [0.29, 0.717) is 6.42 Å². The van der Waals surface area contributed by atoms with Gasteiger partial charge in [0, 0.05) is 21.2 Å². The first kappa shape index (κ1) is 22.5. The van der Waals surface area contributed by atoms with Crippen molar-refractivity contribution in [3.63, 3.8) is 0 Å². The van der Waals surface area contributed by atoms with Crippen LogP contribution in [0.1, 0.15) is 17.7 Å². The number of aryl methyl sites for hydroxylation is 2. The number of halogens is 1. The van der Waals surface area contributed by atoms with E-state index >= 15 is 0 Å². The molecule has 0 aliphatic rings. The Kier molecular flexibility index (Phi) is 8.16. The van der Waals surface area contributed by atoms with Crippen LogP contribution in [0.4, 0.5) is 0 Å². The van der Waals surface area contributed by atoms with E-state index in [1.807, 2.05) is 0 Å². The molecule has 0 radical (unpaired) electrons. The number of aromatic amines is 1. The van der Waals surface area contributed by atoms with E-state index < -0.39 is 5.54 Å². The maximum Gasteiger partial charge on any atom is 0.0633 e. The molecule has 0 amide bonds. The molecule has 4 nitrogen and oxygen atoms in total. The van der Waals surface area contributed by atoms with Gasteiger partial charge in [-0.3, -0.25) is 0 Å². The molecular weight excluding hydrogens is 392 g/mol. The maximum absolute atomic E-state index is 9.27. The summed E-state index contributed by atoms with van der Waals surface area (Å²) in [5.74, 6) is 0. The Morgan fingerprint density at radius 1 is 0.893 bits per heavy atom. The Morgan fingerprint density at radius 3 is 1.96 bits per heavy atom. The van der Waals surface area contributed by atoms with Gasteiger partial charge in [-0.05, 0) is 67.3 Å². The number of H-pyrrole nitrogens is 1. The average Bonchev–Trinajstić information content (AvgIpc) is 3.14. The number of hydrogen-bond acceptors (Lipinski definition) is 4. The van der Waals surface area contributed by atoms with Crippen molar-refractivity contribution in [3.05, 3.63) is 71.9 Å². The predicted octanol–water partition coefficient (Wildman–Crippen LogP) is 4.18. The fourth-order valence-corrected chi connectivity index (χ4v) is 3.65. The lowest BCUT2D eigenvalue weighted by Gasteiger charge is -2.24. The normalized spacial score (nSPS) is 11.3. The van der Waals surface area contributed by atoms with E-state index in [-0.39, 0.29) is 25.6 Å². The van der Waals surface area contributed by atoms with Gasteiger partial charge in [0.1, 0.15) is 0 Å². The largest absolute Gasteiger partial charge is 0.394 e. The number of aliphatic hydroxyl groups excluding tert-OH is 2. The third-order valence-corrected chi connectivity index (χ3v) is 5.71. The van der Waals surface area contributed by atoms with Crippen LogP contribution in [0.25, 0.3) is 11.3 Å². The summed E-state index contributed by atoms with van der Waals surface area (Å²) in [5, 5.41) is 18.5. The summed E-state index contributed by atoms with van der Waals surface area (Å²) < 4.78 is 0. The van der Waals surface area contributed by atoms with Crippen molar-refractivity contribution < 1.29 is 10.2 Å². The molecule has 0 unspecified atom stereocenters. The topological polar surface area (TPSA) is 82.3 Å². The van der Waals surface area contributed by atoms with Crippen molar-refractivity contribution in [2.75, 3.05) is 13.2 Å². The standard InChI is InChI=1S/C22H26N2O2S.ClH/c1-16-2-11-21(24-16)18-5-9-20(10-6-18)27-19-7-3-17(4-8-19)12-13-22(23,14-25)15-26;/h2-11,24-26H,12-15,23H2,1H3;1H.